The predicted octanol–water partition coefficient (Wildman–Crippen LogP) is 2.72. The maximum atomic E-state index is 7.26. The Kier molecular flexibility index (Phi) is 5.96. The van der Waals surface area contributed by atoms with E-state index in [9.17, 15) is 0 Å². The van der Waals surface area contributed by atoms with Crippen LogP contribution in [0.1, 0.15) is 0 Å². The van der Waals surface area contributed by atoms with Crippen molar-refractivity contribution in [1.29, 1.82) is 0 Å². The first-order chi connectivity index (χ1) is 5.86. The van der Waals surface area contributed by atoms with Gasteiger partial charge < -0.3 is 15.3 Å². The van der Waals surface area contributed by atoms with Crippen molar-refractivity contribution < 1.29 is 42.2 Å². The van der Waals surface area contributed by atoms with E-state index in [0.29, 0.717) is 5.69 Å². The maximum Gasteiger partial charge on any atom is 0.132 e. The first-order valence-electron chi connectivity index (χ1n) is 3.50. The minimum absolute atomic E-state index is 0. The van der Waals surface area contributed by atoms with Crippen molar-refractivity contribution in [3.63, 3.8) is 0 Å². The zero-order chi connectivity index (χ0) is 8.97. The van der Waals surface area contributed by atoms with E-state index < -0.39 is 0 Å². The second-order valence-corrected chi connectivity index (χ2v) is 2.17. The van der Waals surface area contributed by atoms with E-state index in [1.807, 2.05) is 12.1 Å². The molecule has 2 rings (SSSR count). The Bertz CT molecular complexity index is 359. The third-order valence-electron chi connectivity index (χ3n) is 1.46. The van der Waals surface area contributed by atoms with Gasteiger partial charge in [0.2, 0.25) is 0 Å². The van der Waals surface area contributed by atoms with Gasteiger partial charge in [-0.2, -0.15) is 0 Å². The Morgan fingerprint density at radius 1 is 1.23 bits per heavy atom. The Morgan fingerprint density at radius 3 is 2.62 bits per heavy atom. The van der Waals surface area contributed by atoms with Crippen LogP contribution in [0.4, 0.5) is 5.69 Å². The van der Waals surface area contributed by atoms with Gasteiger partial charge in [0, 0.05) is 45.2 Å². The van der Waals surface area contributed by atoms with Crippen molar-refractivity contribution in [3.05, 3.63) is 36.3 Å². The Balaban J connectivity index is 0.000000451. The van der Waals surface area contributed by atoms with Gasteiger partial charge in [0.15, 0.2) is 0 Å². The molecule has 2 aromatic rings. The second-order valence-electron chi connectivity index (χ2n) is 2.17. The Hall–Kier alpha value is -0.376. The summed E-state index contributed by atoms with van der Waals surface area (Å²) in [5.41, 5.74) is 8.53. The van der Waals surface area contributed by atoms with Gasteiger partial charge >= 0.3 is 0 Å². The van der Waals surface area contributed by atoms with Crippen molar-refractivity contribution in [2.75, 3.05) is 7.11 Å². The van der Waals surface area contributed by atoms with E-state index in [0.717, 1.165) is 18.1 Å². The van der Waals surface area contributed by atoms with Crippen molar-refractivity contribution >= 4 is 16.7 Å². The molecule has 0 bridgehead atoms. The molecule has 0 saturated heterocycles. The molecule has 1 heterocycles. The number of hydrogen-bond acceptors (Lipinski definition) is 2. The van der Waals surface area contributed by atoms with E-state index in [1.165, 1.54) is 0 Å². The molecule has 1 aromatic carbocycles. The van der Waals surface area contributed by atoms with E-state index in [-0.39, 0.29) is 32.7 Å². The topological polar surface area (TPSA) is 57.2 Å². The molecule has 0 unspecified atom stereocenters. The van der Waals surface area contributed by atoms with Crippen LogP contribution in [-0.2, 0) is 32.7 Å². The Morgan fingerprint density at radius 2 is 1.92 bits per heavy atom. The van der Waals surface area contributed by atoms with E-state index in [4.69, 9.17) is 15.3 Å². The molecule has 0 fully saturated rings. The van der Waals surface area contributed by atoms with E-state index >= 15 is 0 Å². The van der Waals surface area contributed by atoms with Gasteiger partial charge in [-0.1, -0.05) is 12.1 Å². The molecule has 0 saturated carbocycles. The third kappa shape index (κ3) is 3.10. The van der Waals surface area contributed by atoms with E-state index in [2.05, 4.69) is 0 Å². The number of furan rings is 1. The molecule has 0 spiro atoms. The van der Waals surface area contributed by atoms with Crippen molar-refractivity contribution in [2.45, 2.75) is 0 Å². The van der Waals surface area contributed by atoms with Crippen LogP contribution in [0.15, 0.2) is 34.9 Å². The number of nitrogens with one attached hydrogen (secondary N) is 1. The zero-order valence-corrected chi connectivity index (χ0v) is 10.2. The average molecular weight is 253 g/mol. The zero-order valence-electron chi connectivity index (χ0n) is 7.32. The van der Waals surface area contributed by atoms with Crippen molar-refractivity contribution in [2.24, 2.45) is 0 Å². The average Bonchev–Trinajstić information content (AvgIpc) is 2.54. The number of aliphatic hydroxyl groups is 1. The normalized spacial score (nSPS) is 8.46. The minimum Gasteiger partial charge on any atom is -0.699 e. The van der Waals surface area contributed by atoms with Gasteiger partial charge in [0.25, 0.3) is 0 Å². The molecular formula is C9H10NO2Y-. The second kappa shape index (κ2) is 6.13. The smallest absolute Gasteiger partial charge is 0.132 e. The fourth-order valence-corrected chi connectivity index (χ4v) is 0.955. The summed E-state index contributed by atoms with van der Waals surface area (Å²) in [6.07, 6.45) is 1.63. The summed E-state index contributed by atoms with van der Waals surface area (Å²) in [5, 5.41) is 8.05. The van der Waals surface area contributed by atoms with Crippen LogP contribution in [0.25, 0.3) is 16.7 Å². The first-order valence-corrected chi connectivity index (χ1v) is 3.50. The number of benzene rings is 1. The van der Waals surface area contributed by atoms with Crippen LogP contribution in [0.2, 0.25) is 0 Å². The molecule has 3 nitrogen and oxygen atoms in total. The number of rotatable bonds is 0. The molecule has 0 amide bonds. The maximum absolute atomic E-state index is 7.26. The summed E-state index contributed by atoms with van der Waals surface area (Å²) < 4.78 is 5.08. The predicted molar refractivity (Wildman–Crippen MR) is 48.3 cm³/mol. The molecule has 0 aliphatic rings. The van der Waals surface area contributed by atoms with Gasteiger partial charge in [0.1, 0.15) is 5.58 Å². The summed E-state index contributed by atoms with van der Waals surface area (Å²) in [7, 11) is 1.00. The number of aliphatic hydroxyl groups excluding tert-OH is 1. The van der Waals surface area contributed by atoms with Gasteiger partial charge in [-0.3, -0.25) is 0 Å². The van der Waals surface area contributed by atoms with Crippen LogP contribution in [0.3, 0.4) is 0 Å². The summed E-state index contributed by atoms with van der Waals surface area (Å²) >= 11 is 0. The molecular weight excluding hydrogens is 243 g/mol. The molecule has 13 heavy (non-hydrogen) atoms. The summed E-state index contributed by atoms with van der Waals surface area (Å²) in [4.78, 5) is 0. The molecule has 0 aliphatic carbocycles. The van der Waals surface area contributed by atoms with Crippen LogP contribution in [-0.4, -0.2) is 12.2 Å². The molecule has 1 radical (unpaired) electrons. The first kappa shape index (κ1) is 12.6. The van der Waals surface area contributed by atoms with Gasteiger partial charge in [-0.25, -0.2) is 0 Å². The molecule has 67 valence electrons. The van der Waals surface area contributed by atoms with Gasteiger partial charge in [-0.05, 0) is 12.1 Å². The fourth-order valence-electron chi connectivity index (χ4n) is 0.955. The third-order valence-corrected chi connectivity index (χ3v) is 1.46. The monoisotopic (exact) mass is 253 g/mol. The van der Waals surface area contributed by atoms with Gasteiger partial charge in [0.05, 0.1) is 6.26 Å². The van der Waals surface area contributed by atoms with Crippen molar-refractivity contribution in [3.8, 4) is 0 Å². The minimum atomic E-state index is 0. The summed E-state index contributed by atoms with van der Waals surface area (Å²) in [5.74, 6) is 0. The SMILES string of the molecule is CO.[NH-]c1ccc2ccoc2c1.[Y]. The van der Waals surface area contributed by atoms with Crippen LogP contribution >= 0.6 is 0 Å². The Labute approximate surface area is 102 Å². The molecule has 1 aromatic heterocycles. The number of fused-ring (bicyclic) bond motifs is 1. The summed E-state index contributed by atoms with van der Waals surface area (Å²) in [6, 6.07) is 7.21. The number of hydrogen-bond donors (Lipinski definition) is 1. The van der Waals surface area contributed by atoms with E-state index in [1.54, 1.807) is 18.4 Å². The fraction of sp³-hybridized carbons (Fsp3) is 0.111. The van der Waals surface area contributed by atoms with Crippen LogP contribution in [0.5, 0.6) is 0 Å². The molecule has 4 heteroatoms. The molecule has 2 N–H and O–H groups in total. The van der Waals surface area contributed by atoms with Gasteiger partial charge in [-0.15, -0.1) is 5.69 Å². The molecule has 0 aliphatic heterocycles. The largest absolute Gasteiger partial charge is 0.699 e. The van der Waals surface area contributed by atoms with Crippen LogP contribution < -0.4 is 0 Å². The molecule has 0 atom stereocenters. The summed E-state index contributed by atoms with van der Waals surface area (Å²) in [6.45, 7) is 0. The van der Waals surface area contributed by atoms with Crippen LogP contribution in [0, 0.1) is 0 Å². The standard InChI is InChI=1S/C8H6NO.CH4O.Y/c9-7-2-1-6-3-4-10-8(6)5-7;1-2;/h1-5,9H;2H,1H3;/q-1;;. The quantitative estimate of drug-likeness (QED) is 0.784. The van der Waals surface area contributed by atoms with Crippen molar-refractivity contribution in [1.82, 2.24) is 0 Å².